The summed E-state index contributed by atoms with van der Waals surface area (Å²) >= 11 is 0. The van der Waals surface area contributed by atoms with E-state index in [9.17, 15) is 4.79 Å². The highest BCUT2D eigenvalue weighted by atomic mass is 16.5. The van der Waals surface area contributed by atoms with Gasteiger partial charge < -0.3 is 9.47 Å². The molecule has 1 aromatic carbocycles. The maximum absolute atomic E-state index is 11.1. The number of carbonyl (C=O) groups excluding carboxylic acids is 1. The lowest BCUT2D eigenvalue weighted by Crippen LogP contribution is -2.24. The molecule has 3 heteroatoms. The van der Waals surface area contributed by atoms with Crippen LogP contribution in [0.4, 0.5) is 0 Å². The minimum atomic E-state index is -0.206. The average Bonchev–Trinajstić information content (AvgIpc) is 2.36. The third-order valence-corrected chi connectivity index (χ3v) is 2.89. The molecule has 0 amide bonds. The van der Waals surface area contributed by atoms with Crippen molar-refractivity contribution >= 4 is 12.0 Å². The molecule has 0 heterocycles. The standard InChI is InChI=1S/C13H14O3/c1-15-12-7-9-5-3-4-6-10(9)13(16-2)11(12)8-14/h3-6,8,12H,7H2,1-2H3. The lowest BCUT2D eigenvalue weighted by Gasteiger charge is -2.25. The van der Waals surface area contributed by atoms with Gasteiger partial charge in [0.05, 0.1) is 18.8 Å². The number of hydrogen-bond donors (Lipinski definition) is 0. The van der Waals surface area contributed by atoms with Crippen molar-refractivity contribution in [1.29, 1.82) is 0 Å². The van der Waals surface area contributed by atoms with Gasteiger partial charge in [0.15, 0.2) is 6.29 Å². The van der Waals surface area contributed by atoms with Crippen LogP contribution in [0.2, 0.25) is 0 Å². The molecule has 1 aliphatic carbocycles. The number of carbonyl (C=O) groups is 1. The van der Waals surface area contributed by atoms with Gasteiger partial charge in [-0.05, 0) is 5.56 Å². The van der Waals surface area contributed by atoms with Crippen molar-refractivity contribution in [2.45, 2.75) is 12.5 Å². The van der Waals surface area contributed by atoms with Crippen molar-refractivity contribution in [3.63, 3.8) is 0 Å². The van der Waals surface area contributed by atoms with E-state index in [-0.39, 0.29) is 6.10 Å². The molecule has 1 aliphatic rings. The summed E-state index contributed by atoms with van der Waals surface area (Å²) in [4.78, 5) is 11.1. The van der Waals surface area contributed by atoms with Gasteiger partial charge in [-0.3, -0.25) is 4.79 Å². The molecular formula is C13H14O3. The number of fused-ring (bicyclic) bond motifs is 1. The number of methoxy groups -OCH3 is 2. The van der Waals surface area contributed by atoms with E-state index in [1.165, 1.54) is 0 Å². The Balaban J connectivity index is 2.59. The van der Waals surface area contributed by atoms with E-state index in [2.05, 4.69) is 0 Å². The maximum Gasteiger partial charge on any atom is 0.152 e. The van der Waals surface area contributed by atoms with E-state index in [0.29, 0.717) is 17.8 Å². The van der Waals surface area contributed by atoms with Gasteiger partial charge in [-0.2, -0.15) is 0 Å². The molecule has 0 saturated heterocycles. The second-order valence-corrected chi connectivity index (χ2v) is 3.69. The minimum absolute atomic E-state index is 0.206. The molecule has 1 unspecified atom stereocenters. The first-order chi connectivity index (χ1) is 7.81. The zero-order chi connectivity index (χ0) is 11.5. The van der Waals surface area contributed by atoms with E-state index in [1.807, 2.05) is 24.3 Å². The van der Waals surface area contributed by atoms with Crippen molar-refractivity contribution in [2.24, 2.45) is 0 Å². The van der Waals surface area contributed by atoms with Gasteiger partial charge in [-0.15, -0.1) is 0 Å². The van der Waals surface area contributed by atoms with Crippen LogP contribution in [0.3, 0.4) is 0 Å². The van der Waals surface area contributed by atoms with Crippen LogP contribution in [0.5, 0.6) is 0 Å². The van der Waals surface area contributed by atoms with Crippen LogP contribution in [0, 0.1) is 0 Å². The third-order valence-electron chi connectivity index (χ3n) is 2.89. The van der Waals surface area contributed by atoms with Crippen LogP contribution in [0.1, 0.15) is 11.1 Å². The first-order valence-corrected chi connectivity index (χ1v) is 5.16. The predicted octanol–water partition coefficient (Wildman–Crippen LogP) is 1.81. The Morgan fingerprint density at radius 3 is 2.69 bits per heavy atom. The van der Waals surface area contributed by atoms with E-state index >= 15 is 0 Å². The molecule has 0 spiro atoms. The fraction of sp³-hybridized carbons (Fsp3) is 0.308. The molecule has 0 radical (unpaired) electrons. The fourth-order valence-corrected chi connectivity index (χ4v) is 2.10. The molecule has 0 saturated carbocycles. The zero-order valence-corrected chi connectivity index (χ0v) is 9.40. The molecular weight excluding hydrogens is 204 g/mol. The van der Waals surface area contributed by atoms with Crippen molar-refractivity contribution in [1.82, 2.24) is 0 Å². The van der Waals surface area contributed by atoms with Crippen molar-refractivity contribution in [3.8, 4) is 0 Å². The highest BCUT2D eigenvalue weighted by Crippen LogP contribution is 2.31. The summed E-state index contributed by atoms with van der Waals surface area (Å²) in [6.45, 7) is 0. The van der Waals surface area contributed by atoms with Gasteiger partial charge >= 0.3 is 0 Å². The van der Waals surface area contributed by atoms with Gasteiger partial charge in [0, 0.05) is 19.1 Å². The van der Waals surface area contributed by atoms with Crippen LogP contribution in [-0.4, -0.2) is 26.6 Å². The Labute approximate surface area is 94.7 Å². The van der Waals surface area contributed by atoms with Gasteiger partial charge in [0.2, 0.25) is 0 Å². The number of rotatable bonds is 3. The number of hydrogen-bond acceptors (Lipinski definition) is 3. The second-order valence-electron chi connectivity index (χ2n) is 3.69. The first-order valence-electron chi connectivity index (χ1n) is 5.16. The summed E-state index contributed by atoms with van der Waals surface area (Å²) in [6.07, 6.45) is 1.33. The molecule has 0 N–H and O–H groups in total. The molecule has 84 valence electrons. The monoisotopic (exact) mass is 218 g/mol. The first kappa shape index (κ1) is 10.9. The Morgan fingerprint density at radius 1 is 1.31 bits per heavy atom. The number of aldehydes is 1. The lowest BCUT2D eigenvalue weighted by molar-refractivity contribution is -0.106. The lowest BCUT2D eigenvalue weighted by atomic mass is 9.89. The van der Waals surface area contributed by atoms with Crippen LogP contribution in [0.25, 0.3) is 5.76 Å². The molecule has 2 rings (SSSR count). The molecule has 16 heavy (non-hydrogen) atoms. The van der Waals surface area contributed by atoms with Crippen LogP contribution in [-0.2, 0) is 20.7 Å². The number of benzene rings is 1. The van der Waals surface area contributed by atoms with E-state index < -0.39 is 0 Å². The highest BCUT2D eigenvalue weighted by Gasteiger charge is 2.27. The molecule has 1 aromatic rings. The van der Waals surface area contributed by atoms with Crippen molar-refractivity contribution < 1.29 is 14.3 Å². The van der Waals surface area contributed by atoms with Gasteiger partial charge in [-0.25, -0.2) is 0 Å². The van der Waals surface area contributed by atoms with Crippen LogP contribution >= 0.6 is 0 Å². The normalized spacial score (nSPS) is 19.2. The zero-order valence-electron chi connectivity index (χ0n) is 9.40. The van der Waals surface area contributed by atoms with E-state index in [4.69, 9.17) is 9.47 Å². The highest BCUT2D eigenvalue weighted by molar-refractivity contribution is 5.89. The summed E-state index contributed by atoms with van der Waals surface area (Å²) < 4.78 is 10.6. The topological polar surface area (TPSA) is 35.5 Å². The quantitative estimate of drug-likeness (QED) is 0.726. The molecule has 0 aliphatic heterocycles. The Hall–Kier alpha value is -1.61. The van der Waals surface area contributed by atoms with Gasteiger partial charge in [0.25, 0.3) is 0 Å². The summed E-state index contributed by atoms with van der Waals surface area (Å²) in [7, 11) is 3.18. The third kappa shape index (κ3) is 1.63. The molecule has 3 nitrogen and oxygen atoms in total. The SMILES string of the molecule is COC1=C(C=O)C(OC)Cc2ccccc21. The van der Waals surface area contributed by atoms with E-state index in [0.717, 1.165) is 17.4 Å². The summed E-state index contributed by atoms with van der Waals surface area (Å²) in [5.74, 6) is 0.628. The Kier molecular flexibility index (Phi) is 3.06. The smallest absolute Gasteiger partial charge is 0.152 e. The van der Waals surface area contributed by atoms with Crippen LogP contribution < -0.4 is 0 Å². The van der Waals surface area contributed by atoms with Crippen LogP contribution in [0.15, 0.2) is 29.8 Å². The minimum Gasteiger partial charge on any atom is -0.496 e. The predicted molar refractivity (Wildman–Crippen MR) is 60.9 cm³/mol. The summed E-state index contributed by atoms with van der Waals surface area (Å²) in [6, 6.07) is 7.91. The van der Waals surface area contributed by atoms with Crippen molar-refractivity contribution in [3.05, 3.63) is 41.0 Å². The summed E-state index contributed by atoms with van der Waals surface area (Å²) in [5.41, 5.74) is 2.72. The molecule has 0 fully saturated rings. The largest absolute Gasteiger partial charge is 0.496 e. The fourth-order valence-electron chi connectivity index (χ4n) is 2.10. The molecule has 1 atom stereocenters. The Bertz CT molecular complexity index is 435. The molecule has 0 bridgehead atoms. The second kappa shape index (κ2) is 4.49. The Morgan fingerprint density at radius 2 is 2.06 bits per heavy atom. The summed E-state index contributed by atoms with van der Waals surface area (Å²) in [5, 5.41) is 0. The maximum atomic E-state index is 11.1. The van der Waals surface area contributed by atoms with Crippen molar-refractivity contribution in [2.75, 3.05) is 14.2 Å². The molecule has 0 aromatic heterocycles. The number of ether oxygens (including phenoxy) is 2. The van der Waals surface area contributed by atoms with E-state index in [1.54, 1.807) is 14.2 Å². The average molecular weight is 218 g/mol. The van der Waals surface area contributed by atoms with Gasteiger partial charge in [0.1, 0.15) is 5.76 Å². The van der Waals surface area contributed by atoms with Gasteiger partial charge in [-0.1, -0.05) is 24.3 Å².